The summed E-state index contributed by atoms with van der Waals surface area (Å²) < 4.78 is 31.1. The van der Waals surface area contributed by atoms with Gasteiger partial charge in [0.05, 0.1) is 14.6 Å². The standard InChI is InChI=1S/C20H22ClN3O3S3/c1-12-10-13(2)18-15(11-12)23(3)20(29-18)22-19(25)14-6-4-5-9-24(14)30(26,27)17-8-7-16(21)28-17/h7-8,10-11,14H,4-6,9H2,1-3H3. The van der Waals surface area contributed by atoms with Gasteiger partial charge in [-0.1, -0.05) is 35.4 Å². The van der Waals surface area contributed by atoms with Gasteiger partial charge in [-0.25, -0.2) is 8.42 Å². The fourth-order valence-corrected chi connectivity index (χ4v) is 8.17. The average Bonchev–Trinajstić information content (AvgIpc) is 3.27. The molecule has 1 fully saturated rings. The van der Waals surface area contributed by atoms with Crippen LogP contribution in [0.3, 0.4) is 0 Å². The quantitative estimate of drug-likeness (QED) is 0.559. The Hall–Kier alpha value is -1.52. The zero-order valence-corrected chi connectivity index (χ0v) is 20.1. The van der Waals surface area contributed by atoms with E-state index in [-0.39, 0.29) is 4.21 Å². The van der Waals surface area contributed by atoms with Crippen molar-refractivity contribution < 1.29 is 13.2 Å². The normalized spacial score (nSPS) is 18.9. The highest BCUT2D eigenvalue weighted by atomic mass is 35.5. The number of rotatable bonds is 3. The molecule has 1 saturated heterocycles. The summed E-state index contributed by atoms with van der Waals surface area (Å²) in [5.41, 5.74) is 3.30. The molecule has 0 bridgehead atoms. The molecule has 160 valence electrons. The molecular weight excluding hydrogens is 462 g/mol. The fourth-order valence-electron chi connectivity index (χ4n) is 3.83. The third-order valence-electron chi connectivity index (χ3n) is 5.30. The third kappa shape index (κ3) is 3.89. The summed E-state index contributed by atoms with van der Waals surface area (Å²) in [5, 5.41) is 0. The Bertz CT molecular complexity index is 1300. The molecule has 0 N–H and O–H groups in total. The predicted octanol–water partition coefficient (Wildman–Crippen LogP) is 4.24. The van der Waals surface area contributed by atoms with Crippen LogP contribution in [0.2, 0.25) is 4.34 Å². The second-order valence-electron chi connectivity index (χ2n) is 7.51. The lowest BCUT2D eigenvalue weighted by molar-refractivity contribution is -0.122. The number of nitrogens with zero attached hydrogens (tertiary/aromatic N) is 3. The number of aryl methyl sites for hydroxylation is 3. The smallest absolute Gasteiger partial charge is 0.266 e. The van der Waals surface area contributed by atoms with E-state index in [0.29, 0.717) is 22.1 Å². The van der Waals surface area contributed by atoms with Gasteiger partial charge in [0.15, 0.2) is 4.80 Å². The van der Waals surface area contributed by atoms with Crippen LogP contribution in [0.25, 0.3) is 10.2 Å². The van der Waals surface area contributed by atoms with E-state index in [1.165, 1.54) is 21.7 Å². The maximum Gasteiger partial charge on any atom is 0.266 e. The maximum absolute atomic E-state index is 13.1. The molecule has 1 atom stereocenters. The molecule has 10 heteroatoms. The van der Waals surface area contributed by atoms with E-state index in [0.717, 1.165) is 45.5 Å². The van der Waals surface area contributed by atoms with E-state index >= 15 is 0 Å². The van der Waals surface area contributed by atoms with Gasteiger partial charge in [0.25, 0.3) is 15.9 Å². The van der Waals surface area contributed by atoms with Crippen molar-refractivity contribution in [3.63, 3.8) is 0 Å². The average molecular weight is 484 g/mol. The molecule has 3 heterocycles. The van der Waals surface area contributed by atoms with Crippen LogP contribution in [-0.2, 0) is 21.9 Å². The van der Waals surface area contributed by atoms with E-state index < -0.39 is 22.0 Å². The molecule has 1 aliphatic heterocycles. The Morgan fingerprint density at radius 3 is 2.67 bits per heavy atom. The van der Waals surface area contributed by atoms with Crippen LogP contribution in [0.4, 0.5) is 0 Å². The Labute approximate surface area is 188 Å². The highest BCUT2D eigenvalue weighted by molar-refractivity contribution is 7.91. The van der Waals surface area contributed by atoms with E-state index in [1.807, 2.05) is 25.5 Å². The van der Waals surface area contributed by atoms with E-state index in [4.69, 9.17) is 11.6 Å². The number of carbonyl (C=O) groups is 1. The van der Waals surface area contributed by atoms with E-state index in [2.05, 4.69) is 17.1 Å². The largest absolute Gasteiger partial charge is 0.319 e. The molecule has 0 saturated carbocycles. The van der Waals surface area contributed by atoms with Crippen molar-refractivity contribution in [3.05, 3.63) is 44.5 Å². The minimum Gasteiger partial charge on any atom is -0.319 e. The molecule has 30 heavy (non-hydrogen) atoms. The number of hydrogen-bond acceptors (Lipinski definition) is 5. The Kier molecular flexibility index (Phi) is 5.93. The number of amides is 1. The second kappa shape index (κ2) is 8.20. The first-order valence-corrected chi connectivity index (χ1v) is 13.1. The molecule has 0 aliphatic carbocycles. The minimum atomic E-state index is -3.79. The van der Waals surface area contributed by atoms with Gasteiger partial charge in [0, 0.05) is 13.6 Å². The monoisotopic (exact) mass is 483 g/mol. The van der Waals surface area contributed by atoms with Gasteiger partial charge in [-0.2, -0.15) is 9.30 Å². The number of thiophene rings is 1. The first-order valence-electron chi connectivity index (χ1n) is 9.61. The summed E-state index contributed by atoms with van der Waals surface area (Å²) in [6.07, 6.45) is 1.98. The molecule has 2 aromatic heterocycles. The van der Waals surface area contributed by atoms with Crippen LogP contribution in [0, 0.1) is 13.8 Å². The number of sulfonamides is 1. The van der Waals surface area contributed by atoms with Crippen LogP contribution in [0.15, 0.2) is 33.5 Å². The summed E-state index contributed by atoms with van der Waals surface area (Å²) in [7, 11) is -1.91. The van der Waals surface area contributed by atoms with Crippen molar-refractivity contribution in [1.82, 2.24) is 8.87 Å². The molecule has 1 unspecified atom stereocenters. The molecule has 1 amide bonds. The third-order valence-corrected chi connectivity index (χ3v) is 10.2. The minimum absolute atomic E-state index is 0.158. The van der Waals surface area contributed by atoms with Crippen LogP contribution < -0.4 is 4.80 Å². The van der Waals surface area contributed by atoms with Crippen molar-refractivity contribution in [2.45, 2.75) is 43.4 Å². The zero-order chi connectivity index (χ0) is 21.6. The summed E-state index contributed by atoms with van der Waals surface area (Å²) in [4.78, 5) is 18.1. The van der Waals surface area contributed by atoms with Gasteiger partial charge in [0.1, 0.15) is 10.3 Å². The zero-order valence-electron chi connectivity index (χ0n) is 16.9. The number of benzene rings is 1. The van der Waals surface area contributed by atoms with E-state index in [1.54, 1.807) is 6.07 Å². The lowest BCUT2D eigenvalue weighted by atomic mass is 10.0. The van der Waals surface area contributed by atoms with E-state index in [9.17, 15) is 13.2 Å². The number of carbonyl (C=O) groups excluding carboxylic acids is 1. The van der Waals surface area contributed by atoms with Crippen molar-refractivity contribution >= 4 is 60.4 Å². The highest BCUT2D eigenvalue weighted by Crippen LogP contribution is 2.32. The Balaban J connectivity index is 1.74. The first-order chi connectivity index (χ1) is 14.2. The van der Waals surface area contributed by atoms with Crippen LogP contribution in [0.5, 0.6) is 0 Å². The summed E-state index contributed by atoms with van der Waals surface area (Å²) in [6.45, 7) is 4.38. The number of piperidine rings is 1. The van der Waals surface area contributed by atoms with Crippen LogP contribution in [0.1, 0.15) is 30.4 Å². The highest BCUT2D eigenvalue weighted by Gasteiger charge is 2.38. The lowest BCUT2D eigenvalue weighted by Gasteiger charge is -2.31. The van der Waals surface area contributed by atoms with Gasteiger partial charge in [-0.3, -0.25) is 4.79 Å². The predicted molar refractivity (Wildman–Crippen MR) is 122 cm³/mol. The van der Waals surface area contributed by atoms with Gasteiger partial charge in [-0.05, 0) is 56.0 Å². The number of halogens is 1. The van der Waals surface area contributed by atoms with Gasteiger partial charge in [0.2, 0.25) is 0 Å². The Morgan fingerprint density at radius 1 is 1.20 bits per heavy atom. The number of aromatic nitrogens is 1. The van der Waals surface area contributed by atoms with Gasteiger partial charge in [-0.15, -0.1) is 11.3 Å². The van der Waals surface area contributed by atoms with Crippen molar-refractivity contribution in [3.8, 4) is 0 Å². The molecule has 3 aromatic rings. The Morgan fingerprint density at radius 2 is 1.97 bits per heavy atom. The molecule has 0 radical (unpaired) electrons. The summed E-state index contributed by atoms with van der Waals surface area (Å²) >= 11 is 8.40. The number of thiazole rings is 1. The van der Waals surface area contributed by atoms with Crippen molar-refractivity contribution in [2.75, 3.05) is 6.54 Å². The number of fused-ring (bicyclic) bond motifs is 1. The summed E-state index contributed by atoms with van der Waals surface area (Å²) in [6, 6.07) is 6.43. The molecule has 1 aromatic carbocycles. The molecule has 0 spiro atoms. The fraction of sp³-hybridized carbons (Fsp3) is 0.400. The molecule has 4 rings (SSSR count). The lowest BCUT2D eigenvalue weighted by Crippen LogP contribution is -2.47. The molecule has 6 nitrogen and oxygen atoms in total. The van der Waals surface area contributed by atoms with Gasteiger partial charge >= 0.3 is 0 Å². The molecule has 1 aliphatic rings. The topological polar surface area (TPSA) is 71.7 Å². The first kappa shape index (κ1) is 21.7. The second-order valence-corrected chi connectivity index (χ2v) is 12.3. The SMILES string of the molecule is Cc1cc(C)c2sc(=NC(=O)C3CCCCN3S(=O)(=O)c3ccc(Cl)s3)n(C)c2c1. The number of hydrogen-bond donors (Lipinski definition) is 0. The van der Waals surface area contributed by atoms with Gasteiger partial charge < -0.3 is 4.57 Å². The van der Waals surface area contributed by atoms with Crippen LogP contribution >= 0.6 is 34.3 Å². The molecular formula is C20H22ClN3O3S3. The van der Waals surface area contributed by atoms with Crippen molar-refractivity contribution in [1.29, 1.82) is 0 Å². The summed E-state index contributed by atoms with van der Waals surface area (Å²) in [5.74, 6) is -0.419. The van der Waals surface area contributed by atoms with Crippen LogP contribution in [-0.4, -0.2) is 35.8 Å². The maximum atomic E-state index is 13.1. The van der Waals surface area contributed by atoms with Crippen molar-refractivity contribution in [2.24, 2.45) is 12.0 Å².